The van der Waals surface area contributed by atoms with Crippen molar-refractivity contribution in [2.75, 3.05) is 14.2 Å². The van der Waals surface area contributed by atoms with Crippen LogP contribution >= 0.6 is 11.8 Å². The molecule has 0 aliphatic carbocycles. The second-order valence-corrected chi connectivity index (χ2v) is 5.08. The number of benzene rings is 1. The molecule has 0 fully saturated rings. The van der Waals surface area contributed by atoms with E-state index in [1.54, 1.807) is 14.2 Å². The quantitative estimate of drug-likeness (QED) is 0.653. The van der Waals surface area contributed by atoms with Crippen molar-refractivity contribution in [3.63, 3.8) is 0 Å². The fourth-order valence-electron chi connectivity index (χ4n) is 1.65. The summed E-state index contributed by atoms with van der Waals surface area (Å²) in [7, 11) is 3.22. The molecule has 0 aliphatic rings. The van der Waals surface area contributed by atoms with E-state index >= 15 is 0 Å². The topological polar surface area (TPSA) is 64.2 Å². The maximum absolute atomic E-state index is 11.5. The lowest BCUT2D eigenvalue weighted by Crippen LogP contribution is -2.10. The molecule has 1 N–H and O–H groups in total. The summed E-state index contributed by atoms with van der Waals surface area (Å²) in [5, 5.41) is 0.598. The molecule has 106 valence electrons. The highest BCUT2D eigenvalue weighted by Gasteiger charge is 2.03. The summed E-state index contributed by atoms with van der Waals surface area (Å²) in [6, 6.07) is 9.24. The lowest BCUT2D eigenvalue weighted by Gasteiger charge is -2.05. The summed E-state index contributed by atoms with van der Waals surface area (Å²) in [6.07, 6.45) is 0. The molecule has 5 nitrogen and oxygen atoms in total. The Bertz CT molecular complexity index is 611. The maximum atomic E-state index is 11.5. The number of nitrogens with one attached hydrogen (secondary N) is 1. The van der Waals surface area contributed by atoms with E-state index in [9.17, 15) is 4.79 Å². The third-order valence-corrected chi connectivity index (χ3v) is 3.54. The van der Waals surface area contributed by atoms with Crippen LogP contribution in [-0.2, 0) is 17.1 Å². The maximum Gasteiger partial charge on any atom is 0.251 e. The molecule has 0 saturated carbocycles. The Hall–Kier alpha value is -1.79. The van der Waals surface area contributed by atoms with Gasteiger partial charge in [-0.2, -0.15) is 0 Å². The van der Waals surface area contributed by atoms with Crippen LogP contribution in [0.5, 0.6) is 5.75 Å². The zero-order chi connectivity index (χ0) is 14.4. The van der Waals surface area contributed by atoms with Crippen LogP contribution in [0.4, 0.5) is 0 Å². The van der Waals surface area contributed by atoms with E-state index in [-0.39, 0.29) is 5.56 Å². The Kier molecular flexibility index (Phi) is 5.20. The Balaban J connectivity index is 2.04. The molecule has 1 heterocycles. The van der Waals surface area contributed by atoms with Crippen molar-refractivity contribution in [3.05, 3.63) is 51.9 Å². The van der Waals surface area contributed by atoms with Gasteiger partial charge in [-0.3, -0.25) is 4.79 Å². The van der Waals surface area contributed by atoms with Gasteiger partial charge in [0, 0.05) is 18.9 Å². The van der Waals surface area contributed by atoms with E-state index in [4.69, 9.17) is 9.47 Å². The van der Waals surface area contributed by atoms with Crippen LogP contribution < -0.4 is 10.3 Å². The van der Waals surface area contributed by atoms with E-state index in [0.29, 0.717) is 17.5 Å². The van der Waals surface area contributed by atoms with Gasteiger partial charge in [-0.15, -0.1) is 0 Å². The standard InChI is InChI=1S/C14H16N2O3S/c1-18-8-11-7-13(17)16-14(15-11)20-9-10-3-5-12(19-2)6-4-10/h3-7H,8-9H2,1-2H3,(H,15,16,17). The van der Waals surface area contributed by atoms with Crippen LogP contribution in [0.25, 0.3) is 0 Å². The highest BCUT2D eigenvalue weighted by molar-refractivity contribution is 7.98. The molecule has 0 bridgehead atoms. The fourth-order valence-corrected chi connectivity index (χ4v) is 2.50. The van der Waals surface area contributed by atoms with Gasteiger partial charge >= 0.3 is 0 Å². The highest BCUT2D eigenvalue weighted by Crippen LogP contribution is 2.20. The normalized spacial score (nSPS) is 10.5. The van der Waals surface area contributed by atoms with Crippen molar-refractivity contribution in [1.29, 1.82) is 0 Å². The summed E-state index contributed by atoms with van der Waals surface area (Å²) in [4.78, 5) is 18.5. The fraction of sp³-hybridized carbons (Fsp3) is 0.286. The predicted octanol–water partition coefficient (Wildman–Crippen LogP) is 2.22. The summed E-state index contributed by atoms with van der Waals surface area (Å²) in [5.41, 5.74) is 1.60. The van der Waals surface area contributed by atoms with E-state index < -0.39 is 0 Å². The number of rotatable bonds is 6. The van der Waals surface area contributed by atoms with Crippen molar-refractivity contribution in [2.45, 2.75) is 17.5 Å². The Morgan fingerprint density at radius 1 is 1.25 bits per heavy atom. The molecular formula is C14H16N2O3S. The van der Waals surface area contributed by atoms with Crippen LogP contribution in [0.15, 0.2) is 40.3 Å². The zero-order valence-electron chi connectivity index (χ0n) is 11.4. The lowest BCUT2D eigenvalue weighted by atomic mass is 10.2. The van der Waals surface area contributed by atoms with Gasteiger partial charge in [0.2, 0.25) is 0 Å². The predicted molar refractivity (Wildman–Crippen MR) is 78.1 cm³/mol. The van der Waals surface area contributed by atoms with Crippen molar-refractivity contribution in [1.82, 2.24) is 9.97 Å². The number of aromatic amines is 1. The van der Waals surface area contributed by atoms with Gasteiger partial charge in [0.05, 0.1) is 19.4 Å². The molecular weight excluding hydrogens is 276 g/mol. The van der Waals surface area contributed by atoms with Gasteiger partial charge in [-0.05, 0) is 17.7 Å². The lowest BCUT2D eigenvalue weighted by molar-refractivity contribution is 0.180. The molecule has 0 saturated heterocycles. The minimum Gasteiger partial charge on any atom is -0.497 e. The first-order chi connectivity index (χ1) is 9.71. The number of hydrogen-bond donors (Lipinski definition) is 1. The minimum atomic E-state index is -0.163. The monoisotopic (exact) mass is 292 g/mol. The highest BCUT2D eigenvalue weighted by atomic mass is 32.2. The minimum absolute atomic E-state index is 0.163. The Morgan fingerprint density at radius 3 is 2.65 bits per heavy atom. The average Bonchev–Trinajstić information content (AvgIpc) is 2.45. The van der Waals surface area contributed by atoms with Gasteiger partial charge in [0.1, 0.15) is 5.75 Å². The third-order valence-electron chi connectivity index (χ3n) is 2.60. The molecule has 0 radical (unpaired) electrons. The zero-order valence-corrected chi connectivity index (χ0v) is 12.2. The Morgan fingerprint density at radius 2 is 2.00 bits per heavy atom. The van der Waals surface area contributed by atoms with Gasteiger partial charge in [-0.1, -0.05) is 23.9 Å². The average molecular weight is 292 g/mol. The second kappa shape index (κ2) is 7.12. The summed E-state index contributed by atoms with van der Waals surface area (Å²) in [6.45, 7) is 0.333. The molecule has 1 aromatic heterocycles. The van der Waals surface area contributed by atoms with Crippen LogP contribution in [0.3, 0.4) is 0 Å². The van der Waals surface area contributed by atoms with E-state index in [1.807, 2.05) is 24.3 Å². The number of H-pyrrole nitrogens is 1. The van der Waals surface area contributed by atoms with Crippen molar-refractivity contribution in [3.8, 4) is 5.75 Å². The summed E-state index contributed by atoms with van der Waals surface area (Å²) >= 11 is 1.48. The first-order valence-electron chi connectivity index (χ1n) is 6.06. The SMILES string of the molecule is COCc1cc(=O)[nH]c(SCc2ccc(OC)cc2)n1. The first kappa shape index (κ1) is 14.6. The number of thioether (sulfide) groups is 1. The molecule has 0 spiro atoms. The van der Waals surface area contributed by atoms with Crippen molar-refractivity contribution >= 4 is 11.8 Å². The van der Waals surface area contributed by atoms with Crippen molar-refractivity contribution in [2.24, 2.45) is 0 Å². The molecule has 0 atom stereocenters. The Labute approximate surface area is 121 Å². The van der Waals surface area contributed by atoms with Gasteiger partial charge in [-0.25, -0.2) is 4.98 Å². The molecule has 0 aliphatic heterocycles. The number of hydrogen-bond acceptors (Lipinski definition) is 5. The number of nitrogens with zero attached hydrogens (tertiary/aromatic N) is 1. The number of methoxy groups -OCH3 is 2. The summed E-state index contributed by atoms with van der Waals surface area (Å²) < 4.78 is 10.1. The molecule has 1 aromatic carbocycles. The molecule has 6 heteroatoms. The van der Waals surface area contributed by atoms with Crippen LogP contribution in [0, 0.1) is 0 Å². The molecule has 2 aromatic rings. The van der Waals surface area contributed by atoms with Crippen LogP contribution in [0.1, 0.15) is 11.3 Å². The van der Waals surface area contributed by atoms with Crippen LogP contribution in [0.2, 0.25) is 0 Å². The largest absolute Gasteiger partial charge is 0.497 e. The smallest absolute Gasteiger partial charge is 0.251 e. The van der Waals surface area contributed by atoms with Gasteiger partial charge < -0.3 is 14.5 Å². The molecule has 0 unspecified atom stereocenters. The molecule has 20 heavy (non-hydrogen) atoms. The molecule has 2 rings (SSSR count). The van der Waals surface area contributed by atoms with Crippen LogP contribution in [-0.4, -0.2) is 24.2 Å². The van der Waals surface area contributed by atoms with Gasteiger partial charge in [0.15, 0.2) is 5.16 Å². The summed E-state index contributed by atoms with van der Waals surface area (Å²) in [5.74, 6) is 1.55. The van der Waals surface area contributed by atoms with E-state index in [1.165, 1.54) is 17.8 Å². The number of ether oxygens (including phenoxy) is 2. The first-order valence-corrected chi connectivity index (χ1v) is 7.04. The van der Waals surface area contributed by atoms with Gasteiger partial charge in [0.25, 0.3) is 5.56 Å². The van der Waals surface area contributed by atoms with Crippen molar-refractivity contribution < 1.29 is 9.47 Å². The third kappa shape index (κ3) is 4.11. The molecule has 0 amide bonds. The van der Waals surface area contributed by atoms with E-state index in [2.05, 4.69) is 9.97 Å². The van der Waals surface area contributed by atoms with E-state index in [0.717, 1.165) is 17.1 Å². The number of aromatic nitrogens is 2. The second-order valence-electron chi connectivity index (χ2n) is 4.11.